The molecule has 0 unspecified atom stereocenters. The van der Waals surface area contributed by atoms with Crippen LogP contribution in [0.2, 0.25) is 0 Å². The van der Waals surface area contributed by atoms with Crippen LogP contribution in [-0.2, 0) is 17.7 Å². The molecule has 1 aromatic heterocycles. The molecule has 160 valence electrons. The second kappa shape index (κ2) is 13.6. The lowest BCUT2D eigenvalue weighted by atomic mass is 10.1. The smallest absolute Gasteiger partial charge is 0.409 e. The lowest BCUT2D eigenvalue weighted by Gasteiger charge is -2.32. The van der Waals surface area contributed by atoms with Gasteiger partial charge in [-0.3, -0.25) is 4.99 Å². The van der Waals surface area contributed by atoms with Crippen LogP contribution < -0.4 is 10.6 Å². The van der Waals surface area contributed by atoms with E-state index in [0.717, 1.165) is 57.1 Å². The Labute approximate surface area is 184 Å². The number of amides is 1. The molecule has 2 rings (SSSR count). The lowest BCUT2D eigenvalue weighted by Crippen LogP contribution is -2.50. The zero-order valence-corrected chi connectivity index (χ0v) is 19.5. The van der Waals surface area contributed by atoms with Crippen molar-refractivity contribution in [2.24, 2.45) is 4.99 Å². The van der Waals surface area contributed by atoms with Crippen molar-refractivity contribution in [3.63, 3.8) is 0 Å². The Kier molecular flexibility index (Phi) is 11.8. The Balaban J connectivity index is 0.00000392. The van der Waals surface area contributed by atoms with Crippen molar-refractivity contribution in [1.29, 1.82) is 0 Å². The number of hydrogen-bond acceptors (Lipinski definition) is 5. The summed E-state index contributed by atoms with van der Waals surface area (Å²) in [5.41, 5.74) is 0. The first kappa shape index (κ1) is 24.4. The third-order valence-electron chi connectivity index (χ3n) is 4.51. The van der Waals surface area contributed by atoms with Crippen molar-refractivity contribution >= 4 is 36.0 Å². The molecule has 0 radical (unpaired) electrons. The van der Waals surface area contributed by atoms with Crippen molar-refractivity contribution in [1.82, 2.24) is 30.3 Å². The summed E-state index contributed by atoms with van der Waals surface area (Å²) < 4.78 is 7.13. The van der Waals surface area contributed by atoms with Crippen molar-refractivity contribution < 1.29 is 9.53 Å². The molecule has 1 saturated heterocycles. The van der Waals surface area contributed by atoms with Crippen molar-refractivity contribution in [2.45, 2.75) is 59.0 Å². The number of nitrogens with one attached hydrogen (secondary N) is 2. The second-order valence-electron chi connectivity index (χ2n) is 6.56. The maximum atomic E-state index is 11.8. The highest BCUT2D eigenvalue weighted by atomic mass is 127. The minimum absolute atomic E-state index is 0. The minimum atomic E-state index is -0.213. The number of aryl methyl sites for hydroxylation is 1. The van der Waals surface area contributed by atoms with Crippen molar-refractivity contribution in [3.8, 4) is 0 Å². The fraction of sp³-hybridized carbons (Fsp3) is 0.778. The standard InChI is InChI=1S/C18H33N7O2.HI/c1-4-9-19-17(20-10-13-25-14-21-23-16(25)5-2)22-15-7-11-24(12-8-15)18(26)27-6-3;/h14-15H,4-13H2,1-3H3,(H2,19,20,22);1H. The summed E-state index contributed by atoms with van der Waals surface area (Å²) in [5.74, 6) is 1.82. The fourth-order valence-electron chi connectivity index (χ4n) is 3.02. The third-order valence-corrected chi connectivity index (χ3v) is 4.51. The van der Waals surface area contributed by atoms with E-state index >= 15 is 0 Å². The highest BCUT2D eigenvalue weighted by Gasteiger charge is 2.24. The van der Waals surface area contributed by atoms with Gasteiger partial charge < -0.3 is 24.8 Å². The van der Waals surface area contributed by atoms with Gasteiger partial charge >= 0.3 is 6.09 Å². The normalized spacial score (nSPS) is 15.1. The van der Waals surface area contributed by atoms with E-state index in [1.54, 1.807) is 11.2 Å². The number of nitrogens with zero attached hydrogens (tertiary/aromatic N) is 5. The average Bonchev–Trinajstić information content (AvgIpc) is 3.14. The van der Waals surface area contributed by atoms with Gasteiger partial charge in [-0.15, -0.1) is 34.2 Å². The van der Waals surface area contributed by atoms with Crippen LogP contribution in [0.15, 0.2) is 11.3 Å². The summed E-state index contributed by atoms with van der Waals surface area (Å²) in [6, 6.07) is 0.305. The molecule has 2 N–H and O–H groups in total. The summed E-state index contributed by atoms with van der Waals surface area (Å²) in [6.45, 7) is 10.2. The third kappa shape index (κ3) is 7.80. The molecule has 1 aliphatic rings. The van der Waals surface area contributed by atoms with Crippen LogP contribution in [-0.4, -0.2) is 70.5 Å². The van der Waals surface area contributed by atoms with E-state index in [0.29, 0.717) is 25.7 Å². The fourth-order valence-corrected chi connectivity index (χ4v) is 3.02. The number of carbonyl (C=O) groups is 1. The number of guanidine groups is 1. The minimum Gasteiger partial charge on any atom is -0.450 e. The average molecular weight is 507 g/mol. The molecule has 0 spiro atoms. The van der Waals surface area contributed by atoms with E-state index in [2.05, 4.69) is 44.2 Å². The van der Waals surface area contributed by atoms with Crippen LogP contribution in [0.3, 0.4) is 0 Å². The van der Waals surface area contributed by atoms with E-state index in [1.165, 1.54) is 0 Å². The number of ether oxygens (including phenoxy) is 1. The quantitative estimate of drug-likeness (QED) is 0.318. The van der Waals surface area contributed by atoms with Gasteiger partial charge in [0.15, 0.2) is 5.96 Å². The number of likely N-dealkylation sites (tertiary alicyclic amines) is 1. The van der Waals surface area contributed by atoms with Gasteiger partial charge in [0.25, 0.3) is 0 Å². The van der Waals surface area contributed by atoms with Gasteiger partial charge in [-0.1, -0.05) is 13.8 Å². The zero-order valence-electron chi connectivity index (χ0n) is 17.2. The Morgan fingerprint density at radius 1 is 1.32 bits per heavy atom. The van der Waals surface area contributed by atoms with Gasteiger partial charge in [-0.25, -0.2) is 4.79 Å². The Bertz CT molecular complexity index is 601. The molecule has 0 aromatic carbocycles. The molecular formula is C18H34IN7O2. The Morgan fingerprint density at radius 3 is 2.71 bits per heavy atom. The number of aromatic nitrogens is 3. The summed E-state index contributed by atoms with van der Waals surface area (Å²) in [6.07, 6.45) is 5.19. The summed E-state index contributed by atoms with van der Waals surface area (Å²) in [5, 5.41) is 15.0. The van der Waals surface area contributed by atoms with Gasteiger partial charge in [0.2, 0.25) is 0 Å². The first-order chi connectivity index (χ1) is 13.2. The predicted molar refractivity (Wildman–Crippen MR) is 120 cm³/mol. The number of piperidine rings is 1. The second-order valence-corrected chi connectivity index (χ2v) is 6.56. The molecule has 1 amide bonds. The number of halogens is 1. The molecule has 0 bridgehead atoms. The van der Waals surface area contributed by atoms with Crippen molar-refractivity contribution in [2.75, 3.05) is 32.8 Å². The molecule has 0 aliphatic carbocycles. The van der Waals surface area contributed by atoms with Crippen LogP contribution in [0.25, 0.3) is 0 Å². The van der Waals surface area contributed by atoms with Crippen LogP contribution in [0.5, 0.6) is 0 Å². The van der Waals surface area contributed by atoms with E-state index in [-0.39, 0.29) is 30.1 Å². The Morgan fingerprint density at radius 2 is 2.07 bits per heavy atom. The number of aliphatic imine (C=N–C) groups is 1. The van der Waals surface area contributed by atoms with Crippen LogP contribution in [0.1, 0.15) is 45.9 Å². The van der Waals surface area contributed by atoms with Gasteiger partial charge in [-0.05, 0) is 26.2 Å². The number of hydrogen-bond donors (Lipinski definition) is 2. The van der Waals surface area contributed by atoms with E-state index in [4.69, 9.17) is 4.74 Å². The molecule has 9 nitrogen and oxygen atoms in total. The predicted octanol–water partition coefficient (Wildman–Crippen LogP) is 2.02. The Hall–Kier alpha value is -1.59. The van der Waals surface area contributed by atoms with Gasteiger partial charge in [-0.2, -0.15) is 0 Å². The molecular weight excluding hydrogens is 473 g/mol. The molecule has 10 heteroatoms. The van der Waals surface area contributed by atoms with E-state index in [1.807, 2.05) is 6.92 Å². The van der Waals surface area contributed by atoms with Crippen LogP contribution in [0, 0.1) is 0 Å². The van der Waals surface area contributed by atoms with Gasteiger partial charge in [0, 0.05) is 45.2 Å². The molecule has 1 aliphatic heterocycles. The molecule has 0 atom stereocenters. The first-order valence-electron chi connectivity index (χ1n) is 10.0. The first-order valence-corrected chi connectivity index (χ1v) is 10.0. The van der Waals surface area contributed by atoms with Gasteiger partial charge in [0.1, 0.15) is 12.2 Å². The molecule has 2 heterocycles. The summed E-state index contributed by atoms with van der Waals surface area (Å²) in [7, 11) is 0. The van der Waals surface area contributed by atoms with Crippen molar-refractivity contribution in [3.05, 3.63) is 12.2 Å². The molecule has 1 fully saturated rings. The monoisotopic (exact) mass is 507 g/mol. The van der Waals surface area contributed by atoms with E-state index < -0.39 is 0 Å². The molecule has 0 saturated carbocycles. The largest absolute Gasteiger partial charge is 0.450 e. The van der Waals surface area contributed by atoms with Crippen LogP contribution >= 0.6 is 24.0 Å². The maximum Gasteiger partial charge on any atom is 0.409 e. The SMILES string of the molecule is CCCN=C(NCCn1cnnc1CC)NC1CCN(C(=O)OCC)CC1.I. The summed E-state index contributed by atoms with van der Waals surface area (Å²) >= 11 is 0. The maximum absolute atomic E-state index is 11.8. The lowest BCUT2D eigenvalue weighted by molar-refractivity contribution is 0.0963. The van der Waals surface area contributed by atoms with Gasteiger partial charge in [0.05, 0.1) is 6.61 Å². The van der Waals surface area contributed by atoms with E-state index in [9.17, 15) is 4.79 Å². The topological polar surface area (TPSA) is 96.7 Å². The molecule has 28 heavy (non-hydrogen) atoms. The summed E-state index contributed by atoms with van der Waals surface area (Å²) in [4.78, 5) is 18.2. The zero-order chi connectivity index (χ0) is 19.5. The molecule has 1 aromatic rings. The number of carbonyl (C=O) groups excluding carboxylic acids is 1. The number of rotatable bonds is 8. The highest BCUT2D eigenvalue weighted by Crippen LogP contribution is 2.11. The highest BCUT2D eigenvalue weighted by molar-refractivity contribution is 14.0. The van der Waals surface area contributed by atoms with Crippen LogP contribution in [0.4, 0.5) is 4.79 Å².